The molecule has 3 unspecified atom stereocenters. The Kier molecular flexibility index (Phi) is 0.991. The first-order chi connectivity index (χ1) is 5.53. The Morgan fingerprint density at radius 2 is 1.75 bits per heavy atom. The molecule has 12 heavy (non-hydrogen) atoms. The summed E-state index contributed by atoms with van der Waals surface area (Å²) in [4.78, 5) is 0. The van der Waals surface area contributed by atoms with E-state index in [2.05, 4.69) is 13.8 Å². The maximum absolute atomic E-state index is 9.89. The third kappa shape index (κ3) is 0.433. The van der Waals surface area contributed by atoms with Crippen molar-refractivity contribution in [3.05, 3.63) is 0 Å². The zero-order valence-corrected chi connectivity index (χ0v) is 8.17. The Hall–Kier alpha value is -0.0400. The quantitative estimate of drug-likeness (QED) is 0.632. The fraction of sp³-hybridized carbons (Fsp3) is 1.00. The minimum atomic E-state index is -0.0741. The van der Waals surface area contributed by atoms with Crippen LogP contribution in [0.2, 0.25) is 0 Å². The molecule has 68 valence electrons. The molecule has 1 nitrogen and oxygen atoms in total. The van der Waals surface area contributed by atoms with E-state index in [1.54, 1.807) is 0 Å². The van der Waals surface area contributed by atoms with Crippen molar-refractivity contribution in [3.63, 3.8) is 0 Å². The highest BCUT2D eigenvalue weighted by molar-refractivity contribution is 5.31. The molecule has 4 rings (SSSR count). The highest BCUT2D eigenvalue weighted by Gasteiger charge is 2.83. The summed E-state index contributed by atoms with van der Waals surface area (Å²) >= 11 is 0. The van der Waals surface area contributed by atoms with Gasteiger partial charge in [0, 0.05) is 5.41 Å². The molecule has 0 aromatic heterocycles. The summed E-state index contributed by atoms with van der Waals surface area (Å²) in [5.74, 6) is 2.69. The molecule has 0 radical (unpaired) electrons. The van der Waals surface area contributed by atoms with Gasteiger partial charge in [-0.05, 0) is 42.9 Å². The lowest BCUT2D eigenvalue weighted by molar-refractivity contribution is 0.0303. The lowest BCUT2D eigenvalue weighted by atomic mass is 9.73. The van der Waals surface area contributed by atoms with Gasteiger partial charge in [-0.15, -0.1) is 0 Å². The van der Waals surface area contributed by atoms with Crippen LogP contribution in [0.4, 0.5) is 0 Å². The molecule has 4 fully saturated rings. The first kappa shape index (κ1) is 7.37. The van der Waals surface area contributed by atoms with E-state index in [1.807, 2.05) is 6.92 Å². The molecule has 0 heterocycles. The number of hydrogen-bond donors (Lipinski definition) is 1. The molecule has 0 aromatic carbocycles. The van der Waals surface area contributed by atoms with Crippen molar-refractivity contribution in [1.29, 1.82) is 0 Å². The summed E-state index contributed by atoms with van der Waals surface area (Å²) in [6.45, 7) is 6.75. The molecule has 4 bridgehead atoms. The van der Waals surface area contributed by atoms with E-state index in [-0.39, 0.29) is 6.10 Å². The van der Waals surface area contributed by atoms with Crippen LogP contribution in [0.15, 0.2) is 0 Å². The van der Waals surface area contributed by atoms with E-state index in [4.69, 9.17) is 0 Å². The molecule has 0 spiro atoms. The van der Waals surface area contributed by atoms with Crippen molar-refractivity contribution in [2.75, 3.05) is 0 Å². The molecule has 1 heteroatoms. The lowest BCUT2D eigenvalue weighted by Gasteiger charge is -2.34. The number of rotatable bonds is 1. The van der Waals surface area contributed by atoms with Crippen LogP contribution in [0.25, 0.3) is 0 Å². The minimum absolute atomic E-state index is 0.0741. The number of hydrogen-bond acceptors (Lipinski definition) is 1. The fourth-order valence-corrected chi connectivity index (χ4v) is 5.05. The van der Waals surface area contributed by atoms with Crippen LogP contribution >= 0.6 is 0 Å². The third-order valence-corrected chi connectivity index (χ3v) is 5.51. The molecule has 4 saturated carbocycles. The Labute approximate surface area is 74.2 Å². The van der Waals surface area contributed by atoms with Gasteiger partial charge < -0.3 is 5.11 Å². The van der Waals surface area contributed by atoms with Crippen molar-refractivity contribution in [1.82, 2.24) is 0 Å². The van der Waals surface area contributed by atoms with Gasteiger partial charge in [0.25, 0.3) is 0 Å². The van der Waals surface area contributed by atoms with Crippen molar-refractivity contribution in [3.8, 4) is 0 Å². The largest absolute Gasteiger partial charge is 0.393 e. The molecule has 3 atom stereocenters. The van der Waals surface area contributed by atoms with E-state index < -0.39 is 0 Å². The molecule has 0 aliphatic heterocycles. The monoisotopic (exact) mass is 166 g/mol. The van der Waals surface area contributed by atoms with Crippen LogP contribution < -0.4 is 0 Å². The summed E-state index contributed by atoms with van der Waals surface area (Å²) in [5, 5.41) is 9.89. The van der Waals surface area contributed by atoms with Gasteiger partial charge in [0.15, 0.2) is 0 Å². The second-order valence-corrected chi connectivity index (χ2v) is 5.71. The normalized spacial score (nSPS) is 60.5. The van der Waals surface area contributed by atoms with Gasteiger partial charge in [0.05, 0.1) is 6.10 Å². The van der Waals surface area contributed by atoms with E-state index in [0.29, 0.717) is 10.8 Å². The van der Waals surface area contributed by atoms with E-state index in [0.717, 1.165) is 17.8 Å². The number of aliphatic hydroxyl groups is 1. The predicted octanol–water partition coefficient (Wildman–Crippen LogP) is 2.05. The van der Waals surface area contributed by atoms with Gasteiger partial charge in [-0.1, -0.05) is 13.8 Å². The zero-order valence-electron chi connectivity index (χ0n) is 8.17. The van der Waals surface area contributed by atoms with E-state index >= 15 is 0 Å². The summed E-state index contributed by atoms with van der Waals surface area (Å²) in [7, 11) is 0. The van der Waals surface area contributed by atoms with Crippen molar-refractivity contribution in [2.45, 2.75) is 39.7 Å². The molecule has 0 saturated heterocycles. The lowest BCUT2D eigenvalue weighted by Crippen LogP contribution is -2.33. The van der Waals surface area contributed by atoms with Gasteiger partial charge in [0.2, 0.25) is 0 Å². The van der Waals surface area contributed by atoms with Crippen LogP contribution in [0, 0.1) is 28.6 Å². The Morgan fingerprint density at radius 1 is 1.25 bits per heavy atom. The maximum atomic E-state index is 9.89. The highest BCUT2D eigenvalue weighted by atomic mass is 16.3. The molecular weight excluding hydrogens is 148 g/mol. The molecular formula is C11H18O. The summed E-state index contributed by atoms with van der Waals surface area (Å²) in [6.07, 6.45) is 2.74. The molecule has 0 amide bonds. The second kappa shape index (κ2) is 1.61. The first-order valence-electron chi connectivity index (χ1n) is 5.21. The van der Waals surface area contributed by atoms with Crippen molar-refractivity contribution in [2.24, 2.45) is 28.6 Å². The third-order valence-electron chi connectivity index (χ3n) is 5.51. The molecule has 4 aliphatic rings. The molecule has 4 aliphatic carbocycles. The smallest absolute Gasteiger partial charge is 0.0579 e. The van der Waals surface area contributed by atoms with Gasteiger partial charge in [-0.2, -0.15) is 0 Å². The minimum Gasteiger partial charge on any atom is -0.393 e. The fourth-order valence-electron chi connectivity index (χ4n) is 5.05. The summed E-state index contributed by atoms with van der Waals surface area (Å²) in [6, 6.07) is 0. The van der Waals surface area contributed by atoms with Crippen LogP contribution in [0.3, 0.4) is 0 Å². The molecule has 0 aromatic rings. The van der Waals surface area contributed by atoms with E-state index in [9.17, 15) is 5.11 Å². The second-order valence-electron chi connectivity index (χ2n) is 5.71. The van der Waals surface area contributed by atoms with Crippen LogP contribution in [0.1, 0.15) is 33.6 Å². The standard InChI is InChI=1S/C11H18O/c1-6(12)11-8-4-7(5-9(8)11)10(11,2)3/h6-9,12H,4-5H2,1-3H3. The van der Waals surface area contributed by atoms with Gasteiger partial charge >= 0.3 is 0 Å². The maximum Gasteiger partial charge on any atom is 0.0579 e. The van der Waals surface area contributed by atoms with Gasteiger partial charge in [0.1, 0.15) is 0 Å². The highest BCUT2D eigenvalue weighted by Crippen LogP contribution is 2.87. The predicted molar refractivity (Wildman–Crippen MR) is 47.6 cm³/mol. The topological polar surface area (TPSA) is 20.2 Å². The Bertz CT molecular complexity index is 229. The molecule has 1 N–H and O–H groups in total. The zero-order chi connectivity index (χ0) is 8.72. The average molecular weight is 166 g/mol. The van der Waals surface area contributed by atoms with Gasteiger partial charge in [-0.3, -0.25) is 0 Å². The van der Waals surface area contributed by atoms with Gasteiger partial charge in [-0.25, -0.2) is 0 Å². The van der Waals surface area contributed by atoms with Crippen LogP contribution in [-0.2, 0) is 0 Å². The van der Waals surface area contributed by atoms with Crippen LogP contribution in [-0.4, -0.2) is 11.2 Å². The Morgan fingerprint density at radius 3 is 1.92 bits per heavy atom. The Balaban J connectivity index is 2.10. The van der Waals surface area contributed by atoms with E-state index in [1.165, 1.54) is 12.8 Å². The summed E-state index contributed by atoms with van der Waals surface area (Å²) in [5.41, 5.74) is 0.772. The number of aliphatic hydroxyl groups excluding tert-OH is 1. The summed E-state index contributed by atoms with van der Waals surface area (Å²) < 4.78 is 0. The first-order valence-corrected chi connectivity index (χ1v) is 5.21. The average Bonchev–Trinajstić information content (AvgIpc) is 2.30. The van der Waals surface area contributed by atoms with Crippen molar-refractivity contribution < 1.29 is 5.11 Å². The SMILES string of the molecule is CC(O)C12C3CC(CC31)C2(C)C. The van der Waals surface area contributed by atoms with Crippen molar-refractivity contribution >= 4 is 0 Å². The van der Waals surface area contributed by atoms with Crippen LogP contribution in [0.5, 0.6) is 0 Å².